The van der Waals surface area contributed by atoms with Gasteiger partial charge in [0.2, 0.25) is 0 Å². The fourth-order valence-corrected chi connectivity index (χ4v) is 1.83. The molecule has 0 aromatic carbocycles. The van der Waals surface area contributed by atoms with Gasteiger partial charge in [-0.05, 0) is 6.42 Å². The summed E-state index contributed by atoms with van der Waals surface area (Å²) >= 11 is 1.63. The zero-order chi connectivity index (χ0) is 10.9. The van der Waals surface area contributed by atoms with Gasteiger partial charge in [-0.2, -0.15) is 0 Å². The standard InChI is InChI=1S/C10H19N3OS/c1-14-5-3-9(11)6-12-4-2-10-7-15-8-13-10/h7-9,12H,2-6,11H2,1H3. The Morgan fingerprint density at radius 3 is 3.20 bits per heavy atom. The highest BCUT2D eigenvalue weighted by Crippen LogP contribution is 2.00. The molecule has 0 saturated heterocycles. The van der Waals surface area contributed by atoms with Crippen molar-refractivity contribution in [1.82, 2.24) is 10.3 Å². The smallest absolute Gasteiger partial charge is 0.0794 e. The highest BCUT2D eigenvalue weighted by Gasteiger charge is 2.01. The second kappa shape index (κ2) is 7.76. The predicted octanol–water partition coefficient (Wildman–Crippen LogP) is 0.639. The van der Waals surface area contributed by atoms with Crippen LogP contribution in [0.3, 0.4) is 0 Å². The topological polar surface area (TPSA) is 60.2 Å². The molecule has 1 aromatic heterocycles. The van der Waals surface area contributed by atoms with E-state index < -0.39 is 0 Å². The Morgan fingerprint density at radius 2 is 2.53 bits per heavy atom. The molecule has 1 unspecified atom stereocenters. The number of nitrogens with one attached hydrogen (secondary N) is 1. The van der Waals surface area contributed by atoms with Gasteiger partial charge in [0.1, 0.15) is 0 Å². The van der Waals surface area contributed by atoms with Crippen LogP contribution < -0.4 is 11.1 Å². The summed E-state index contributed by atoms with van der Waals surface area (Å²) in [6.45, 7) is 2.51. The summed E-state index contributed by atoms with van der Waals surface area (Å²) < 4.78 is 4.96. The van der Waals surface area contributed by atoms with Crippen molar-refractivity contribution in [2.75, 3.05) is 26.8 Å². The van der Waals surface area contributed by atoms with Crippen LogP contribution in [0.15, 0.2) is 10.9 Å². The maximum atomic E-state index is 5.86. The lowest BCUT2D eigenvalue weighted by Gasteiger charge is -2.11. The molecule has 86 valence electrons. The van der Waals surface area contributed by atoms with Gasteiger partial charge >= 0.3 is 0 Å². The van der Waals surface area contributed by atoms with Gasteiger partial charge in [-0.1, -0.05) is 0 Å². The lowest BCUT2D eigenvalue weighted by atomic mass is 10.2. The van der Waals surface area contributed by atoms with Gasteiger partial charge in [-0.25, -0.2) is 4.98 Å². The Labute approximate surface area is 94.8 Å². The molecule has 3 N–H and O–H groups in total. The Bertz CT molecular complexity index is 241. The van der Waals surface area contributed by atoms with Crippen LogP contribution in [0.2, 0.25) is 0 Å². The van der Waals surface area contributed by atoms with Crippen LogP contribution in [0, 0.1) is 0 Å². The molecule has 0 aliphatic heterocycles. The Morgan fingerprint density at radius 1 is 1.67 bits per heavy atom. The molecule has 0 fully saturated rings. The van der Waals surface area contributed by atoms with E-state index in [1.165, 1.54) is 0 Å². The number of rotatable bonds is 8. The third-order valence-electron chi connectivity index (χ3n) is 2.14. The van der Waals surface area contributed by atoms with Gasteiger partial charge in [0.15, 0.2) is 0 Å². The molecular weight excluding hydrogens is 210 g/mol. The Hall–Kier alpha value is -0.490. The first-order chi connectivity index (χ1) is 7.33. The van der Waals surface area contributed by atoms with Gasteiger partial charge in [0.05, 0.1) is 11.2 Å². The van der Waals surface area contributed by atoms with E-state index in [1.54, 1.807) is 18.4 Å². The maximum absolute atomic E-state index is 5.86. The SMILES string of the molecule is COCCC(N)CNCCc1cscn1. The number of aromatic nitrogens is 1. The minimum atomic E-state index is 0.181. The highest BCUT2D eigenvalue weighted by atomic mass is 32.1. The summed E-state index contributed by atoms with van der Waals surface area (Å²) in [5.74, 6) is 0. The van der Waals surface area contributed by atoms with Gasteiger partial charge in [-0.15, -0.1) is 11.3 Å². The third-order valence-corrected chi connectivity index (χ3v) is 2.78. The van der Waals surface area contributed by atoms with Crippen molar-refractivity contribution >= 4 is 11.3 Å². The molecule has 0 spiro atoms. The van der Waals surface area contributed by atoms with Crippen molar-refractivity contribution in [1.29, 1.82) is 0 Å². The molecule has 5 heteroatoms. The highest BCUT2D eigenvalue weighted by molar-refractivity contribution is 7.07. The lowest BCUT2D eigenvalue weighted by molar-refractivity contribution is 0.187. The lowest BCUT2D eigenvalue weighted by Crippen LogP contribution is -2.35. The van der Waals surface area contributed by atoms with Gasteiger partial charge in [0.25, 0.3) is 0 Å². The third kappa shape index (κ3) is 5.84. The van der Waals surface area contributed by atoms with Crippen LogP contribution >= 0.6 is 11.3 Å². The van der Waals surface area contributed by atoms with Gasteiger partial charge in [-0.3, -0.25) is 0 Å². The van der Waals surface area contributed by atoms with E-state index in [-0.39, 0.29) is 6.04 Å². The zero-order valence-corrected chi connectivity index (χ0v) is 9.93. The molecule has 0 aliphatic rings. The van der Waals surface area contributed by atoms with E-state index in [0.29, 0.717) is 0 Å². The first kappa shape index (κ1) is 12.6. The molecule has 1 rings (SSSR count). The molecule has 15 heavy (non-hydrogen) atoms. The van der Waals surface area contributed by atoms with E-state index >= 15 is 0 Å². The number of nitrogens with two attached hydrogens (primary N) is 1. The molecule has 1 aromatic rings. The minimum Gasteiger partial charge on any atom is -0.385 e. The molecule has 0 aliphatic carbocycles. The van der Waals surface area contributed by atoms with Crippen LogP contribution in [0.25, 0.3) is 0 Å². The first-order valence-electron chi connectivity index (χ1n) is 5.15. The molecule has 0 radical (unpaired) electrons. The molecule has 4 nitrogen and oxygen atoms in total. The van der Waals surface area contributed by atoms with Gasteiger partial charge < -0.3 is 15.8 Å². The van der Waals surface area contributed by atoms with E-state index in [2.05, 4.69) is 15.7 Å². The van der Waals surface area contributed by atoms with E-state index in [4.69, 9.17) is 10.5 Å². The van der Waals surface area contributed by atoms with Gasteiger partial charge in [0, 0.05) is 44.6 Å². The van der Waals surface area contributed by atoms with E-state index in [0.717, 1.165) is 38.2 Å². The number of hydrogen-bond acceptors (Lipinski definition) is 5. The van der Waals surface area contributed by atoms with Crippen LogP contribution in [-0.4, -0.2) is 37.8 Å². The van der Waals surface area contributed by atoms with Crippen molar-refractivity contribution < 1.29 is 4.74 Å². The van der Waals surface area contributed by atoms with Crippen LogP contribution in [0.4, 0.5) is 0 Å². The largest absolute Gasteiger partial charge is 0.385 e. The predicted molar refractivity (Wildman–Crippen MR) is 63.2 cm³/mol. The molecule has 0 bridgehead atoms. The summed E-state index contributed by atoms with van der Waals surface area (Å²) in [6.07, 6.45) is 1.88. The second-order valence-electron chi connectivity index (χ2n) is 3.48. The van der Waals surface area contributed by atoms with Crippen molar-refractivity contribution in [2.45, 2.75) is 18.9 Å². The summed E-state index contributed by atoms with van der Waals surface area (Å²) in [6, 6.07) is 0.181. The van der Waals surface area contributed by atoms with Crippen LogP contribution in [-0.2, 0) is 11.2 Å². The van der Waals surface area contributed by atoms with Crippen molar-refractivity contribution in [3.63, 3.8) is 0 Å². The van der Waals surface area contributed by atoms with Crippen molar-refractivity contribution in [2.24, 2.45) is 5.73 Å². The number of methoxy groups -OCH3 is 1. The Balaban J connectivity index is 1.97. The molecule has 0 amide bonds. The molecule has 0 saturated carbocycles. The van der Waals surface area contributed by atoms with Crippen molar-refractivity contribution in [3.8, 4) is 0 Å². The average Bonchev–Trinajstić information content (AvgIpc) is 2.74. The second-order valence-corrected chi connectivity index (χ2v) is 4.19. The van der Waals surface area contributed by atoms with Crippen LogP contribution in [0.5, 0.6) is 0 Å². The van der Waals surface area contributed by atoms with Crippen LogP contribution in [0.1, 0.15) is 12.1 Å². The summed E-state index contributed by atoms with van der Waals surface area (Å²) in [4.78, 5) is 4.21. The summed E-state index contributed by atoms with van der Waals surface area (Å²) in [7, 11) is 1.70. The van der Waals surface area contributed by atoms with E-state index in [1.807, 2.05) is 5.51 Å². The normalized spacial score (nSPS) is 12.9. The fraction of sp³-hybridized carbons (Fsp3) is 0.700. The summed E-state index contributed by atoms with van der Waals surface area (Å²) in [5, 5.41) is 5.39. The maximum Gasteiger partial charge on any atom is 0.0794 e. The van der Waals surface area contributed by atoms with E-state index in [9.17, 15) is 0 Å². The quantitative estimate of drug-likeness (QED) is 0.642. The summed E-state index contributed by atoms with van der Waals surface area (Å²) in [5.41, 5.74) is 8.87. The molecule has 1 heterocycles. The van der Waals surface area contributed by atoms with Crippen molar-refractivity contribution in [3.05, 3.63) is 16.6 Å². The molecular formula is C10H19N3OS. The zero-order valence-electron chi connectivity index (χ0n) is 9.11. The average molecular weight is 229 g/mol. The number of nitrogens with zero attached hydrogens (tertiary/aromatic N) is 1. The monoisotopic (exact) mass is 229 g/mol. The molecule has 1 atom stereocenters. The first-order valence-corrected chi connectivity index (χ1v) is 6.09. The minimum absolute atomic E-state index is 0.181. The Kier molecular flexibility index (Phi) is 6.50. The number of hydrogen-bond donors (Lipinski definition) is 2. The number of thiazole rings is 1. The number of ether oxygens (including phenoxy) is 1. The fourth-order valence-electron chi connectivity index (χ4n) is 1.24.